The first kappa shape index (κ1) is 19.7. The Morgan fingerprint density at radius 1 is 1.20 bits per heavy atom. The van der Waals surface area contributed by atoms with E-state index < -0.39 is 33.8 Å². The SMILES string of the molecule is O=C(COc1cc(O)c2c(=O)cc(-c3ccccc3)oc2c1)NC1C=CS(=O)(=O)C1. The number of carbonyl (C=O) groups is 1. The molecule has 1 amide bonds. The van der Waals surface area contributed by atoms with E-state index in [1.54, 1.807) is 24.3 Å². The van der Waals surface area contributed by atoms with Crippen LogP contribution < -0.4 is 15.5 Å². The third-order valence-electron chi connectivity index (χ3n) is 4.49. The van der Waals surface area contributed by atoms with Gasteiger partial charge in [0.05, 0.1) is 11.8 Å². The Balaban J connectivity index is 1.54. The van der Waals surface area contributed by atoms with Crippen LogP contribution in [0.5, 0.6) is 11.5 Å². The van der Waals surface area contributed by atoms with Crippen molar-refractivity contribution in [3.05, 3.63) is 70.2 Å². The predicted octanol–water partition coefficient (Wildman–Crippen LogP) is 1.97. The van der Waals surface area contributed by atoms with Gasteiger partial charge in [-0.05, 0) is 6.08 Å². The Morgan fingerprint density at radius 2 is 1.97 bits per heavy atom. The van der Waals surface area contributed by atoms with Crippen LogP contribution in [0.3, 0.4) is 0 Å². The largest absolute Gasteiger partial charge is 0.507 e. The summed E-state index contributed by atoms with van der Waals surface area (Å²) < 4.78 is 33.9. The van der Waals surface area contributed by atoms with Crippen LogP contribution >= 0.6 is 0 Å². The normalized spacial score (nSPS) is 17.1. The molecule has 9 heteroatoms. The highest BCUT2D eigenvalue weighted by molar-refractivity contribution is 7.94. The van der Waals surface area contributed by atoms with Crippen LogP contribution in [0, 0.1) is 0 Å². The van der Waals surface area contributed by atoms with Crippen molar-refractivity contribution >= 4 is 26.7 Å². The van der Waals surface area contributed by atoms with Gasteiger partial charge in [0.1, 0.15) is 28.2 Å². The second-order valence-corrected chi connectivity index (χ2v) is 8.71. The van der Waals surface area contributed by atoms with Crippen LogP contribution in [0.25, 0.3) is 22.3 Å². The van der Waals surface area contributed by atoms with E-state index in [4.69, 9.17) is 9.15 Å². The second-order valence-electron chi connectivity index (χ2n) is 6.78. The van der Waals surface area contributed by atoms with Gasteiger partial charge in [-0.2, -0.15) is 0 Å². The summed E-state index contributed by atoms with van der Waals surface area (Å²) in [6, 6.07) is 12.3. The number of hydrogen-bond acceptors (Lipinski definition) is 7. The number of rotatable bonds is 5. The minimum Gasteiger partial charge on any atom is -0.507 e. The molecule has 0 spiro atoms. The molecule has 2 aromatic carbocycles. The molecule has 2 N–H and O–H groups in total. The number of benzene rings is 2. The highest BCUT2D eigenvalue weighted by Crippen LogP contribution is 2.31. The molecule has 8 nitrogen and oxygen atoms in total. The molecule has 1 atom stereocenters. The molecule has 3 aromatic rings. The minimum absolute atomic E-state index is 0.00721. The van der Waals surface area contributed by atoms with E-state index in [1.165, 1.54) is 24.3 Å². The predicted molar refractivity (Wildman–Crippen MR) is 110 cm³/mol. The lowest BCUT2D eigenvalue weighted by Gasteiger charge is -2.12. The Morgan fingerprint density at radius 3 is 2.67 bits per heavy atom. The molecule has 30 heavy (non-hydrogen) atoms. The highest BCUT2D eigenvalue weighted by Gasteiger charge is 2.23. The van der Waals surface area contributed by atoms with Crippen LogP contribution in [0.15, 0.2) is 69.2 Å². The van der Waals surface area contributed by atoms with E-state index in [-0.39, 0.29) is 28.2 Å². The van der Waals surface area contributed by atoms with Crippen LogP contribution in [0.1, 0.15) is 0 Å². The van der Waals surface area contributed by atoms with E-state index in [9.17, 15) is 23.1 Å². The number of phenolic OH excluding ortho intramolecular Hbond substituents is 1. The first-order valence-corrected chi connectivity index (χ1v) is 10.7. The third-order valence-corrected chi connectivity index (χ3v) is 5.88. The molecule has 0 saturated heterocycles. The molecule has 154 valence electrons. The number of sulfone groups is 1. The van der Waals surface area contributed by atoms with Crippen LogP contribution in [0.2, 0.25) is 0 Å². The van der Waals surface area contributed by atoms with Crippen molar-refractivity contribution < 1.29 is 27.5 Å². The fourth-order valence-corrected chi connectivity index (χ4v) is 4.37. The minimum atomic E-state index is -3.28. The van der Waals surface area contributed by atoms with Gasteiger partial charge in [-0.3, -0.25) is 9.59 Å². The highest BCUT2D eigenvalue weighted by atomic mass is 32.2. The molecule has 0 bridgehead atoms. The van der Waals surface area contributed by atoms with Crippen molar-refractivity contribution in [1.82, 2.24) is 5.32 Å². The maximum Gasteiger partial charge on any atom is 0.258 e. The lowest BCUT2D eigenvalue weighted by Crippen LogP contribution is -2.38. The van der Waals surface area contributed by atoms with Gasteiger partial charge in [-0.15, -0.1) is 0 Å². The topological polar surface area (TPSA) is 123 Å². The van der Waals surface area contributed by atoms with E-state index >= 15 is 0 Å². The van der Waals surface area contributed by atoms with E-state index in [2.05, 4.69) is 5.32 Å². The smallest absolute Gasteiger partial charge is 0.258 e. The first-order chi connectivity index (χ1) is 14.3. The van der Waals surface area contributed by atoms with E-state index in [0.717, 1.165) is 5.41 Å². The zero-order valence-electron chi connectivity index (χ0n) is 15.6. The quantitative estimate of drug-likeness (QED) is 0.638. The van der Waals surface area contributed by atoms with Gasteiger partial charge >= 0.3 is 0 Å². The Bertz CT molecular complexity index is 1310. The maximum atomic E-state index is 12.4. The molecule has 0 fully saturated rings. The van der Waals surface area contributed by atoms with Gasteiger partial charge in [0.25, 0.3) is 5.91 Å². The molecule has 4 rings (SSSR count). The second kappa shape index (κ2) is 7.68. The van der Waals surface area contributed by atoms with E-state index in [0.29, 0.717) is 11.3 Å². The molecule has 0 radical (unpaired) electrons. The monoisotopic (exact) mass is 427 g/mol. The van der Waals surface area contributed by atoms with Gasteiger partial charge in [-0.25, -0.2) is 8.42 Å². The Labute approximate surface area is 171 Å². The van der Waals surface area contributed by atoms with Gasteiger partial charge in [-0.1, -0.05) is 30.3 Å². The summed E-state index contributed by atoms with van der Waals surface area (Å²) in [5.74, 6) is -0.597. The van der Waals surface area contributed by atoms with Gasteiger partial charge < -0.3 is 19.6 Å². The Kier molecular flexibility index (Phi) is 5.04. The number of nitrogens with one attached hydrogen (secondary N) is 1. The first-order valence-electron chi connectivity index (χ1n) is 9.00. The van der Waals surface area contributed by atoms with Gasteiger partial charge in [0.15, 0.2) is 21.9 Å². The number of hydrogen-bond donors (Lipinski definition) is 2. The van der Waals surface area contributed by atoms with Crippen molar-refractivity contribution in [3.8, 4) is 22.8 Å². The molecule has 1 aliphatic heterocycles. The standard InChI is InChI=1S/C21H17NO7S/c23-16-8-15(28-11-20(25)22-14-6-7-30(26,27)12-14)9-19-21(16)17(24)10-18(29-19)13-4-2-1-3-5-13/h1-10,14,23H,11-12H2,(H,22,25). The van der Waals surface area contributed by atoms with Crippen molar-refractivity contribution in [2.45, 2.75) is 6.04 Å². The van der Waals surface area contributed by atoms with Crippen molar-refractivity contribution in [2.24, 2.45) is 0 Å². The number of fused-ring (bicyclic) bond motifs is 1. The molecule has 1 aliphatic rings. The van der Waals surface area contributed by atoms with Crippen LogP contribution in [-0.4, -0.2) is 37.8 Å². The molecule has 1 unspecified atom stereocenters. The average molecular weight is 427 g/mol. The van der Waals surface area contributed by atoms with Gasteiger partial charge in [0.2, 0.25) is 0 Å². The summed E-state index contributed by atoms with van der Waals surface area (Å²) in [5.41, 5.74) is 0.397. The summed E-state index contributed by atoms with van der Waals surface area (Å²) in [7, 11) is -3.28. The zero-order chi connectivity index (χ0) is 21.3. The molecule has 1 aromatic heterocycles. The summed E-state index contributed by atoms with van der Waals surface area (Å²) in [5, 5.41) is 13.8. The number of phenols is 1. The van der Waals surface area contributed by atoms with Gasteiger partial charge in [0, 0.05) is 29.2 Å². The van der Waals surface area contributed by atoms with Crippen LogP contribution in [-0.2, 0) is 14.6 Å². The van der Waals surface area contributed by atoms with Crippen molar-refractivity contribution in [3.63, 3.8) is 0 Å². The number of aromatic hydroxyl groups is 1. The lowest BCUT2D eigenvalue weighted by atomic mass is 10.1. The lowest BCUT2D eigenvalue weighted by molar-refractivity contribution is -0.123. The molecule has 2 heterocycles. The number of amides is 1. The van der Waals surface area contributed by atoms with E-state index in [1.807, 2.05) is 6.07 Å². The summed E-state index contributed by atoms with van der Waals surface area (Å²) in [4.78, 5) is 24.5. The molecular formula is C21H17NO7S. The Hall–Kier alpha value is -3.59. The summed E-state index contributed by atoms with van der Waals surface area (Å²) >= 11 is 0. The van der Waals surface area contributed by atoms with Crippen molar-refractivity contribution in [2.75, 3.05) is 12.4 Å². The molecule has 0 saturated carbocycles. The van der Waals surface area contributed by atoms with Crippen LogP contribution in [0.4, 0.5) is 0 Å². The van der Waals surface area contributed by atoms with Crippen molar-refractivity contribution in [1.29, 1.82) is 0 Å². The summed E-state index contributed by atoms with van der Waals surface area (Å²) in [6.07, 6.45) is 1.40. The maximum absolute atomic E-state index is 12.4. The molecular weight excluding hydrogens is 410 g/mol. The molecule has 0 aliphatic carbocycles. The fraction of sp³-hybridized carbons (Fsp3) is 0.143. The number of carbonyl (C=O) groups excluding carboxylic acids is 1. The summed E-state index contributed by atoms with van der Waals surface area (Å²) in [6.45, 7) is -0.405. The number of ether oxygens (including phenoxy) is 1. The fourth-order valence-electron chi connectivity index (χ4n) is 3.13. The zero-order valence-corrected chi connectivity index (χ0v) is 16.4. The third kappa shape index (κ3) is 4.20. The average Bonchev–Trinajstić information content (AvgIpc) is 3.04.